The number of rotatable bonds is 4. The molecule has 1 aromatic heterocycles. The molecule has 6 heteroatoms. The number of pyridine rings is 1. The predicted molar refractivity (Wildman–Crippen MR) is 112 cm³/mol. The number of hydrogen-bond donors (Lipinski definition) is 2. The minimum absolute atomic E-state index is 0.162. The van der Waals surface area contributed by atoms with E-state index in [9.17, 15) is 9.59 Å². The van der Waals surface area contributed by atoms with E-state index in [4.69, 9.17) is 11.6 Å². The van der Waals surface area contributed by atoms with Crippen molar-refractivity contribution in [3.63, 3.8) is 0 Å². The van der Waals surface area contributed by atoms with Gasteiger partial charge in [0.2, 0.25) is 0 Å². The summed E-state index contributed by atoms with van der Waals surface area (Å²) in [6.07, 6.45) is 1.44. The number of carbonyl (C=O) groups is 2. The first-order valence-corrected chi connectivity index (χ1v) is 9.14. The normalized spacial score (nSPS) is 10.4. The molecule has 2 amide bonds. The zero-order chi connectivity index (χ0) is 20.3. The molecule has 0 saturated carbocycles. The molecule has 0 fully saturated rings. The molecule has 0 unspecified atom stereocenters. The summed E-state index contributed by atoms with van der Waals surface area (Å²) in [6.45, 7) is 5.74. The van der Waals surface area contributed by atoms with Gasteiger partial charge >= 0.3 is 0 Å². The quantitative estimate of drug-likeness (QED) is 0.642. The molecule has 2 aromatic carbocycles. The van der Waals surface area contributed by atoms with Crippen LogP contribution in [0.4, 0.5) is 11.4 Å². The molecule has 3 rings (SSSR count). The van der Waals surface area contributed by atoms with Gasteiger partial charge in [-0.1, -0.05) is 35.4 Å². The number of anilines is 2. The number of amides is 2. The first-order valence-electron chi connectivity index (χ1n) is 8.76. The number of nitrogens with zero attached hydrogens (tertiary/aromatic N) is 1. The summed E-state index contributed by atoms with van der Waals surface area (Å²) in [5.41, 5.74) is 4.68. The summed E-state index contributed by atoms with van der Waals surface area (Å²) in [6, 6.07) is 14.1. The summed E-state index contributed by atoms with van der Waals surface area (Å²) >= 11 is 6.10. The number of halogens is 1. The first-order chi connectivity index (χ1) is 13.3. The standard InChI is InChI=1S/C22H20ClN3O2/c1-13-7-8-18(14(2)11-13)25-22(28)20-12-16(9-10-24-20)21(27)26-19-6-4-5-17(23)15(19)3/h4-12H,1-3H3,(H,25,28)(H,26,27). The van der Waals surface area contributed by atoms with Gasteiger partial charge in [-0.15, -0.1) is 0 Å². The van der Waals surface area contributed by atoms with Crippen LogP contribution < -0.4 is 10.6 Å². The molecule has 142 valence electrons. The number of aryl methyl sites for hydroxylation is 2. The molecule has 0 spiro atoms. The van der Waals surface area contributed by atoms with Crippen LogP contribution in [0, 0.1) is 20.8 Å². The van der Waals surface area contributed by atoms with Crippen molar-refractivity contribution in [3.05, 3.63) is 87.7 Å². The van der Waals surface area contributed by atoms with Gasteiger partial charge in [0.25, 0.3) is 11.8 Å². The van der Waals surface area contributed by atoms with Crippen LogP contribution in [0.2, 0.25) is 5.02 Å². The van der Waals surface area contributed by atoms with Gasteiger partial charge in [0.15, 0.2) is 0 Å². The average molecular weight is 394 g/mol. The topological polar surface area (TPSA) is 71.1 Å². The molecule has 0 radical (unpaired) electrons. The summed E-state index contributed by atoms with van der Waals surface area (Å²) in [5, 5.41) is 6.22. The second-order valence-electron chi connectivity index (χ2n) is 6.57. The third kappa shape index (κ3) is 4.38. The Balaban J connectivity index is 1.78. The van der Waals surface area contributed by atoms with E-state index in [1.54, 1.807) is 24.3 Å². The summed E-state index contributed by atoms with van der Waals surface area (Å²) in [4.78, 5) is 29.2. The third-order valence-electron chi connectivity index (χ3n) is 4.40. The molecule has 2 N–H and O–H groups in total. The Morgan fingerprint density at radius 1 is 0.893 bits per heavy atom. The van der Waals surface area contributed by atoms with E-state index in [0.717, 1.165) is 16.7 Å². The maximum atomic E-state index is 12.6. The lowest BCUT2D eigenvalue weighted by Crippen LogP contribution is -2.17. The van der Waals surface area contributed by atoms with Gasteiger partial charge in [0.05, 0.1) is 0 Å². The van der Waals surface area contributed by atoms with Crippen molar-refractivity contribution >= 4 is 34.8 Å². The fourth-order valence-electron chi connectivity index (χ4n) is 2.77. The maximum absolute atomic E-state index is 12.6. The molecule has 3 aromatic rings. The second kappa shape index (κ2) is 8.23. The van der Waals surface area contributed by atoms with E-state index >= 15 is 0 Å². The van der Waals surface area contributed by atoms with Crippen molar-refractivity contribution in [2.24, 2.45) is 0 Å². The fourth-order valence-corrected chi connectivity index (χ4v) is 2.95. The predicted octanol–water partition coefficient (Wildman–Crippen LogP) is 5.16. The monoisotopic (exact) mass is 393 g/mol. The molecule has 0 atom stereocenters. The van der Waals surface area contributed by atoms with Gasteiger partial charge in [-0.2, -0.15) is 0 Å². The highest BCUT2D eigenvalue weighted by Crippen LogP contribution is 2.23. The molecule has 0 saturated heterocycles. The van der Waals surface area contributed by atoms with Crippen molar-refractivity contribution in [2.45, 2.75) is 20.8 Å². The van der Waals surface area contributed by atoms with Crippen LogP contribution in [0.5, 0.6) is 0 Å². The lowest BCUT2D eigenvalue weighted by molar-refractivity contribution is 0.102. The van der Waals surface area contributed by atoms with E-state index in [-0.39, 0.29) is 17.5 Å². The van der Waals surface area contributed by atoms with Crippen molar-refractivity contribution < 1.29 is 9.59 Å². The highest BCUT2D eigenvalue weighted by molar-refractivity contribution is 6.31. The number of benzene rings is 2. The maximum Gasteiger partial charge on any atom is 0.274 e. The minimum atomic E-state index is -0.375. The van der Waals surface area contributed by atoms with Crippen LogP contribution in [0.25, 0.3) is 0 Å². The first kappa shape index (κ1) is 19.6. The van der Waals surface area contributed by atoms with Crippen molar-refractivity contribution in [1.29, 1.82) is 0 Å². The van der Waals surface area contributed by atoms with Crippen LogP contribution >= 0.6 is 11.6 Å². The Labute approximate surface area is 168 Å². The van der Waals surface area contributed by atoms with E-state index in [2.05, 4.69) is 15.6 Å². The Hall–Kier alpha value is -3.18. The minimum Gasteiger partial charge on any atom is -0.322 e. The van der Waals surface area contributed by atoms with E-state index in [1.807, 2.05) is 39.0 Å². The fraction of sp³-hybridized carbons (Fsp3) is 0.136. The second-order valence-corrected chi connectivity index (χ2v) is 6.98. The summed E-state index contributed by atoms with van der Waals surface area (Å²) < 4.78 is 0. The van der Waals surface area contributed by atoms with Crippen LogP contribution in [0.15, 0.2) is 54.7 Å². The van der Waals surface area contributed by atoms with Gasteiger partial charge < -0.3 is 10.6 Å². The zero-order valence-corrected chi connectivity index (χ0v) is 16.6. The molecule has 0 bridgehead atoms. The van der Waals surface area contributed by atoms with Gasteiger partial charge in [-0.05, 0) is 62.2 Å². The van der Waals surface area contributed by atoms with Crippen LogP contribution in [-0.4, -0.2) is 16.8 Å². The van der Waals surface area contributed by atoms with Crippen LogP contribution in [0.3, 0.4) is 0 Å². The van der Waals surface area contributed by atoms with E-state index in [0.29, 0.717) is 22.0 Å². The Morgan fingerprint density at radius 3 is 2.39 bits per heavy atom. The highest BCUT2D eigenvalue weighted by Gasteiger charge is 2.14. The number of carbonyl (C=O) groups excluding carboxylic acids is 2. The Morgan fingerprint density at radius 2 is 1.64 bits per heavy atom. The lowest BCUT2D eigenvalue weighted by Gasteiger charge is -2.11. The van der Waals surface area contributed by atoms with E-state index in [1.165, 1.54) is 12.3 Å². The molecular formula is C22H20ClN3O2. The largest absolute Gasteiger partial charge is 0.322 e. The Bertz CT molecular complexity index is 1060. The molecule has 0 aliphatic rings. The molecule has 1 heterocycles. The third-order valence-corrected chi connectivity index (χ3v) is 4.81. The molecular weight excluding hydrogens is 374 g/mol. The van der Waals surface area contributed by atoms with Crippen molar-refractivity contribution in [2.75, 3.05) is 10.6 Å². The average Bonchev–Trinajstić information content (AvgIpc) is 2.67. The summed E-state index contributed by atoms with van der Waals surface area (Å²) in [7, 11) is 0. The smallest absolute Gasteiger partial charge is 0.274 e. The van der Waals surface area contributed by atoms with Crippen molar-refractivity contribution in [3.8, 4) is 0 Å². The SMILES string of the molecule is Cc1ccc(NC(=O)c2cc(C(=O)Nc3cccc(Cl)c3C)ccn2)c(C)c1. The molecule has 28 heavy (non-hydrogen) atoms. The zero-order valence-electron chi connectivity index (χ0n) is 15.8. The Kier molecular flexibility index (Phi) is 5.76. The van der Waals surface area contributed by atoms with Gasteiger partial charge in [-0.3, -0.25) is 14.6 Å². The van der Waals surface area contributed by atoms with Crippen LogP contribution in [0.1, 0.15) is 37.5 Å². The highest BCUT2D eigenvalue weighted by atomic mass is 35.5. The molecule has 0 aliphatic heterocycles. The number of hydrogen-bond acceptors (Lipinski definition) is 3. The van der Waals surface area contributed by atoms with Gasteiger partial charge in [-0.25, -0.2) is 0 Å². The summed E-state index contributed by atoms with van der Waals surface area (Å²) in [5.74, 6) is -0.714. The molecule has 0 aliphatic carbocycles. The van der Waals surface area contributed by atoms with E-state index < -0.39 is 0 Å². The number of nitrogens with one attached hydrogen (secondary N) is 2. The van der Waals surface area contributed by atoms with Crippen LogP contribution in [-0.2, 0) is 0 Å². The van der Waals surface area contributed by atoms with Gasteiger partial charge in [0, 0.05) is 28.2 Å². The number of aromatic nitrogens is 1. The lowest BCUT2D eigenvalue weighted by atomic mass is 10.1. The van der Waals surface area contributed by atoms with Gasteiger partial charge in [0.1, 0.15) is 5.69 Å². The van der Waals surface area contributed by atoms with Crippen molar-refractivity contribution in [1.82, 2.24) is 4.98 Å². The molecule has 5 nitrogen and oxygen atoms in total.